The molecular formula is C8H17I2NO2. The topological polar surface area (TPSA) is 26.3 Å². The third kappa shape index (κ3) is 9.20. The molecule has 0 aliphatic rings. The van der Waals surface area contributed by atoms with Crippen LogP contribution >= 0.6 is 22.6 Å². The van der Waals surface area contributed by atoms with Crippen LogP contribution in [0.3, 0.4) is 0 Å². The number of nitrogens with zero attached hydrogens (tertiary/aromatic N) is 1. The minimum atomic E-state index is -0.198. The summed E-state index contributed by atoms with van der Waals surface area (Å²) in [6.45, 7) is 4.23. The molecule has 0 saturated heterocycles. The summed E-state index contributed by atoms with van der Waals surface area (Å²) in [6, 6.07) is 0. The number of alkyl halides is 1. The lowest BCUT2D eigenvalue weighted by molar-refractivity contribution is -0.877. The van der Waals surface area contributed by atoms with Crippen LogP contribution in [0.25, 0.3) is 0 Å². The molecule has 0 aromatic rings. The maximum absolute atomic E-state index is 10.6. The molecule has 0 saturated carbocycles. The number of quaternary nitrogens is 1. The van der Waals surface area contributed by atoms with E-state index in [0.29, 0.717) is 0 Å². The van der Waals surface area contributed by atoms with E-state index in [9.17, 15) is 4.79 Å². The number of rotatable bonds is 4. The third-order valence-electron chi connectivity index (χ3n) is 1.44. The maximum atomic E-state index is 10.6. The number of esters is 1. The molecule has 0 rings (SSSR count). The minimum absolute atomic E-state index is 0. The lowest BCUT2D eigenvalue weighted by Crippen LogP contribution is -3.00. The third-order valence-corrected chi connectivity index (χ3v) is 3.29. The van der Waals surface area contributed by atoms with E-state index in [4.69, 9.17) is 4.74 Å². The van der Waals surface area contributed by atoms with Gasteiger partial charge in [-0.25, -0.2) is 0 Å². The highest BCUT2D eigenvalue weighted by Gasteiger charge is 2.19. The van der Waals surface area contributed by atoms with Crippen molar-refractivity contribution in [3.05, 3.63) is 0 Å². The van der Waals surface area contributed by atoms with Crippen molar-refractivity contribution in [3.63, 3.8) is 0 Å². The van der Waals surface area contributed by atoms with Crippen LogP contribution in [0.2, 0.25) is 0 Å². The second-order valence-electron chi connectivity index (χ2n) is 3.66. The fourth-order valence-corrected chi connectivity index (χ4v) is 1.34. The van der Waals surface area contributed by atoms with Gasteiger partial charge in [-0.15, -0.1) is 0 Å². The summed E-state index contributed by atoms with van der Waals surface area (Å²) in [5.41, 5.74) is 0. The van der Waals surface area contributed by atoms with E-state index in [1.54, 1.807) is 0 Å². The Morgan fingerprint density at radius 2 is 2.00 bits per heavy atom. The second-order valence-corrected chi connectivity index (χ2v) is 4.34. The zero-order chi connectivity index (χ0) is 9.78. The lowest BCUT2D eigenvalue weighted by Gasteiger charge is -2.29. The molecule has 0 aliphatic carbocycles. The van der Waals surface area contributed by atoms with E-state index >= 15 is 0 Å². The summed E-state index contributed by atoms with van der Waals surface area (Å²) in [4.78, 5) is 10.6. The maximum Gasteiger partial charge on any atom is 0.303 e. The van der Waals surface area contributed by atoms with Crippen molar-refractivity contribution in [1.29, 1.82) is 0 Å². The fourth-order valence-electron chi connectivity index (χ4n) is 1.07. The van der Waals surface area contributed by atoms with E-state index in [1.165, 1.54) is 6.92 Å². The van der Waals surface area contributed by atoms with Crippen LogP contribution in [0.1, 0.15) is 13.8 Å². The van der Waals surface area contributed by atoms with Crippen molar-refractivity contribution in [2.24, 2.45) is 0 Å². The summed E-state index contributed by atoms with van der Waals surface area (Å²) in [5, 5.41) is 0. The number of ether oxygens (including phenoxy) is 1. The predicted molar refractivity (Wildman–Crippen MR) is 57.1 cm³/mol. The molecule has 0 fully saturated rings. The SMILES string of the molecule is CC(=O)OC(C)C[N+](C)(C)CI.[I-]. The van der Waals surface area contributed by atoms with Crippen LogP contribution in [0.5, 0.6) is 0 Å². The summed E-state index contributed by atoms with van der Waals surface area (Å²) >= 11 is 2.33. The van der Waals surface area contributed by atoms with Gasteiger partial charge in [0.05, 0.1) is 14.1 Å². The Balaban J connectivity index is 0. The Kier molecular flexibility index (Phi) is 9.06. The molecule has 80 valence electrons. The van der Waals surface area contributed by atoms with Crippen LogP contribution < -0.4 is 24.0 Å². The quantitative estimate of drug-likeness (QED) is 0.183. The molecule has 0 aromatic heterocycles. The zero-order valence-electron chi connectivity index (χ0n) is 8.51. The van der Waals surface area contributed by atoms with E-state index < -0.39 is 0 Å². The van der Waals surface area contributed by atoms with E-state index in [0.717, 1.165) is 15.6 Å². The van der Waals surface area contributed by atoms with E-state index in [2.05, 4.69) is 36.7 Å². The monoisotopic (exact) mass is 413 g/mol. The van der Waals surface area contributed by atoms with Crippen LogP contribution in [-0.4, -0.2) is 41.7 Å². The largest absolute Gasteiger partial charge is 1.00 e. The molecule has 0 N–H and O–H groups in total. The molecule has 0 heterocycles. The van der Waals surface area contributed by atoms with E-state index in [1.807, 2.05) is 6.92 Å². The normalized spacial score (nSPS) is 13.0. The van der Waals surface area contributed by atoms with Crippen LogP contribution in [0.4, 0.5) is 0 Å². The van der Waals surface area contributed by atoms with Crippen molar-refractivity contribution in [3.8, 4) is 0 Å². The molecule has 0 spiro atoms. The van der Waals surface area contributed by atoms with Gasteiger partial charge in [0.1, 0.15) is 17.2 Å². The first-order valence-electron chi connectivity index (χ1n) is 3.92. The van der Waals surface area contributed by atoms with Crippen molar-refractivity contribution in [1.82, 2.24) is 0 Å². The average Bonchev–Trinajstić information content (AvgIpc) is 1.84. The van der Waals surface area contributed by atoms with Crippen LogP contribution in [0, 0.1) is 0 Å². The van der Waals surface area contributed by atoms with Crippen molar-refractivity contribution >= 4 is 28.6 Å². The Morgan fingerprint density at radius 3 is 2.31 bits per heavy atom. The first-order valence-corrected chi connectivity index (χ1v) is 5.45. The number of hydrogen-bond donors (Lipinski definition) is 0. The summed E-state index contributed by atoms with van der Waals surface area (Å²) < 4.78 is 6.92. The van der Waals surface area contributed by atoms with Gasteiger partial charge < -0.3 is 33.2 Å². The van der Waals surface area contributed by atoms with Gasteiger partial charge in [0.2, 0.25) is 0 Å². The Morgan fingerprint density at radius 1 is 1.54 bits per heavy atom. The molecule has 0 aliphatic heterocycles. The van der Waals surface area contributed by atoms with Gasteiger partial charge in [-0.2, -0.15) is 0 Å². The molecular weight excluding hydrogens is 396 g/mol. The standard InChI is InChI=1S/C8H17INO2.HI/c1-7(12-8(2)11)5-10(3,4)6-9;/h7H,5-6H2,1-4H3;1H/q+1;/p-1. The molecule has 1 unspecified atom stereocenters. The molecule has 0 bridgehead atoms. The summed E-state index contributed by atoms with van der Waals surface area (Å²) in [5.74, 6) is -0.198. The summed E-state index contributed by atoms with van der Waals surface area (Å²) in [6.07, 6.45) is 0.00673. The Bertz CT molecular complexity index is 162. The molecule has 5 heteroatoms. The Hall–Kier alpha value is 0.890. The highest BCUT2D eigenvalue weighted by atomic mass is 127. The smallest absolute Gasteiger partial charge is 0.303 e. The number of carbonyl (C=O) groups is 1. The second kappa shape index (κ2) is 7.22. The Labute approximate surface area is 111 Å². The summed E-state index contributed by atoms with van der Waals surface area (Å²) in [7, 11) is 4.23. The number of carbonyl (C=O) groups excluding carboxylic acids is 1. The zero-order valence-corrected chi connectivity index (χ0v) is 12.8. The first kappa shape index (κ1) is 16.3. The molecule has 0 radical (unpaired) electrons. The number of likely N-dealkylation sites (N-methyl/N-ethyl adjacent to an activating group) is 1. The number of halogens is 2. The van der Waals surface area contributed by atoms with Gasteiger partial charge in [0.15, 0.2) is 0 Å². The average molecular weight is 413 g/mol. The molecule has 1 atom stereocenters. The van der Waals surface area contributed by atoms with Crippen LogP contribution in [-0.2, 0) is 9.53 Å². The predicted octanol–water partition coefficient (Wildman–Crippen LogP) is -1.59. The van der Waals surface area contributed by atoms with Gasteiger partial charge in [-0.05, 0) is 29.5 Å². The van der Waals surface area contributed by atoms with Gasteiger partial charge in [-0.3, -0.25) is 4.79 Å². The highest BCUT2D eigenvalue weighted by Crippen LogP contribution is 2.05. The van der Waals surface area contributed by atoms with E-state index in [-0.39, 0.29) is 36.0 Å². The van der Waals surface area contributed by atoms with Gasteiger partial charge >= 0.3 is 5.97 Å². The first-order chi connectivity index (χ1) is 5.37. The minimum Gasteiger partial charge on any atom is -1.00 e. The van der Waals surface area contributed by atoms with Gasteiger partial charge in [0.25, 0.3) is 0 Å². The number of hydrogen-bond acceptors (Lipinski definition) is 2. The molecule has 13 heavy (non-hydrogen) atoms. The van der Waals surface area contributed by atoms with Gasteiger partial charge in [0, 0.05) is 6.92 Å². The van der Waals surface area contributed by atoms with Crippen molar-refractivity contribution < 1.29 is 38.0 Å². The van der Waals surface area contributed by atoms with Crippen molar-refractivity contribution in [2.75, 3.05) is 25.2 Å². The van der Waals surface area contributed by atoms with Crippen LogP contribution in [0.15, 0.2) is 0 Å². The molecule has 0 aromatic carbocycles. The molecule has 3 nitrogen and oxygen atoms in total. The highest BCUT2D eigenvalue weighted by molar-refractivity contribution is 14.1. The molecule has 0 amide bonds. The van der Waals surface area contributed by atoms with Gasteiger partial charge in [-0.1, -0.05) is 0 Å². The van der Waals surface area contributed by atoms with Crippen molar-refractivity contribution in [2.45, 2.75) is 20.0 Å². The fraction of sp³-hybridized carbons (Fsp3) is 0.875. The lowest BCUT2D eigenvalue weighted by atomic mass is 10.3.